The minimum absolute atomic E-state index is 0.202. The van der Waals surface area contributed by atoms with Crippen molar-refractivity contribution in [3.05, 3.63) is 29.3 Å². The normalized spacial score (nSPS) is 11.2. The number of hydrogen-bond acceptors (Lipinski definition) is 4. The standard InChI is InChI=1S/C14H21NO4S/c1-11-7-8-13(10-12(11)2)15(20(4,17)18)9-5-6-14(16)19-3/h7-8,10H,5-6,9H2,1-4H3. The van der Waals surface area contributed by atoms with Crippen molar-refractivity contribution in [2.75, 3.05) is 24.2 Å². The zero-order chi connectivity index (χ0) is 15.3. The lowest BCUT2D eigenvalue weighted by atomic mass is 10.1. The molecule has 0 saturated heterocycles. The van der Waals surface area contributed by atoms with E-state index in [4.69, 9.17) is 0 Å². The zero-order valence-corrected chi connectivity index (χ0v) is 13.2. The predicted molar refractivity (Wildman–Crippen MR) is 79.4 cm³/mol. The summed E-state index contributed by atoms with van der Waals surface area (Å²) in [6, 6.07) is 5.51. The Morgan fingerprint density at radius 3 is 2.40 bits per heavy atom. The van der Waals surface area contributed by atoms with Gasteiger partial charge in [-0.1, -0.05) is 6.07 Å². The lowest BCUT2D eigenvalue weighted by molar-refractivity contribution is -0.140. The molecule has 1 aromatic rings. The van der Waals surface area contributed by atoms with Gasteiger partial charge in [0, 0.05) is 13.0 Å². The number of aryl methyl sites for hydroxylation is 2. The Kier molecular flexibility index (Phi) is 5.56. The van der Waals surface area contributed by atoms with Crippen molar-refractivity contribution in [2.45, 2.75) is 26.7 Å². The summed E-state index contributed by atoms with van der Waals surface area (Å²) < 4.78 is 29.6. The van der Waals surface area contributed by atoms with Gasteiger partial charge in [0.1, 0.15) is 0 Å². The van der Waals surface area contributed by atoms with Gasteiger partial charge in [-0.15, -0.1) is 0 Å². The molecule has 0 aromatic heterocycles. The van der Waals surface area contributed by atoms with Gasteiger partial charge in [-0.25, -0.2) is 8.42 Å². The fraction of sp³-hybridized carbons (Fsp3) is 0.500. The largest absolute Gasteiger partial charge is 0.469 e. The van der Waals surface area contributed by atoms with Crippen LogP contribution in [0.1, 0.15) is 24.0 Å². The SMILES string of the molecule is COC(=O)CCCN(c1ccc(C)c(C)c1)S(C)(=O)=O. The molecule has 0 fully saturated rings. The molecule has 0 spiro atoms. The molecule has 1 aromatic carbocycles. The Morgan fingerprint density at radius 2 is 1.90 bits per heavy atom. The van der Waals surface area contributed by atoms with Crippen LogP contribution in [-0.4, -0.2) is 34.3 Å². The predicted octanol–water partition coefficient (Wildman–Crippen LogP) is 2.02. The van der Waals surface area contributed by atoms with Gasteiger partial charge in [0.05, 0.1) is 19.1 Å². The average Bonchev–Trinajstić information content (AvgIpc) is 2.36. The highest BCUT2D eigenvalue weighted by atomic mass is 32.2. The first kappa shape index (κ1) is 16.5. The number of nitrogens with zero attached hydrogens (tertiary/aromatic N) is 1. The number of esters is 1. The molecule has 0 radical (unpaired) electrons. The number of ether oxygens (including phenoxy) is 1. The minimum Gasteiger partial charge on any atom is -0.469 e. The molecule has 0 atom stereocenters. The third-order valence-corrected chi connectivity index (χ3v) is 4.34. The van der Waals surface area contributed by atoms with Crippen LogP contribution in [0.2, 0.25) is 0 Å². The Hall–Kier alpha value is -1.56. The van der Waals surface area contributed by atoms with Crippen molar-refractivity contribution in [3.63, 3.8) is 0 Å². The van der Waals surface area contributed by atoms with Crippen LogP contribution in [0.15, 0.2) is 18.2 Å². The van der Waals surface area contributed by atoms with Gasteiger partial charge >= 0.3 is 5.97 Å². The lowest BCUT2D eigenvalue weighted by Crippen LogP contribution is -2.31. The van der Waals surface area contributed by atoms with E-state index in [1.54, 1.807) is 6.07 Å². The maximum absolute atomic E-state index is 11.9. The van der Waals surface area contributed by atoms with Crippen LogP contribution in [-0.2, 0) is 19.6 Å². The van der Waals surface area contributed by atoms with Gasteiger partial charge in [0.15, 0.2) is 0 Å². The van der Waals surface area contributed by atoms with E-state index in [-0.39, 0.29) is 18.9 Å². The van der Waals surface area contributed by atoms with E-state index in [2.05, 4.69) is 4.74 Å². The van der Waals surface area contributed by atoms with Crippen LogP contribution in [0.5, 0.6) is 0 Å². The van der Waals surface area contributed by atoms with Crippen LogP contribution in [0.3, 0.4) is 0 Å². The summed E-state index contributed by atoms with van der Waals surface area (Å²) in [4.78, 5) is 11.1. The maximum atomic E-state index is 11.9. The zero-order valence-electron chi connectivity index (χ0n) is 12.3. The minimum atomic E-state index is -3.37. The van der Waals surface area contributed by atoms with E-state index in [1.807, 2.05) is 26.0 Å². The summed E-state index contributed by atoms with van der Waals surface area (Å²) in [5.74, 6) is -0.335. The van der Waals surface area contributed by atoms with Crippen molar-refractivity contribution < 1.29 is 17.9 Å². The van der Waals surface area contributed by atoms with Crippen LogP contribution in [0.4, 0.5) is 5.69 Å². The maximum Gasteiger partial charge on any atom is 0.305 e. The number of rotatable bonds is 6. The first-order chi connectivity index (χ1) is 9.25. The Bertz CT molecular complexity index is 581. The number of anilines is 1. The van der Waals surface area contributed by atoms with Gasteiger partial charge in [-0.05, 0) is 43.5 Å². The van der Waals surface area contributed by atoms with Gasteiger partial charge in [0.2, 0.25) is 10.0 Å². The molecule has 0 aliphatic heterocycles. The van der Waals surface area contributed by atoms with Gasteiger partial charge in [-0.3, -0.25) is 9.10 Å². The van der Waals surface area contributed by atoms with E-state index < -0.39 is 10.0 Å². The topological polar surface area (TPSA) is 63.7 Å². The Balaban J connectivity index is 2.90. The number of benzene rings is 1. The molecule has 20 heavy (non-hydrogen) atoms. The molecule has 0 unspecified atom stereocenters. The molecule has 5 nitrogen and oxygen atoms in total. The molecule has 1 rings (SSSR count). The van der Waals surface area contributed by atoms with E-state index in [0.29, 0.717) is 12.1 Å². The smallest absolute Gasteiger partial charge is 0.305 e. The molecule has 0 saturated carbocycles. The fourth-order valence-electron chi connectivity index (χ4n) is 1.84. The first-order valence-corrected chi connectivity index (χ1v) is 8.22. The van der Waals surface area contributed by atoms with E-state index in [9.17, 15) is 13.2 Å². The first-order valence-electron chi connectivity index (χ1n) is 6.37. The number of hydrogen-bond donors (Lipinski definition) is 0. The van der Waals surface area contributed by atoms with Gasteiger partial charge in [0.25, 0.3) is 0 Å². The highest BCUT2D eigenvalue weighted by molar-refractivity contribution is 7.92. The van der Waals surface area contributed by atoms with Crippen molar-refractivity contribution in [3.8, 4) is 0 Å². The lowest BCUT2D eigenvalue weighted by Gasteiger charge is -2.23. The summed E-state index contributed by atoms with van der Waals surface area (Å²) in [7, 11) is -2.05. The average molecular weight is 299 g/mol. The monoisotopic (exact) mass is 299 g/mol. The molecule has 0 N–H and O–H groups in total. The van der Waals surface area contributed by atoms with Gasteiger partial charge in [-0.2, -0.15) is 0 Å². The van der Waals surface area contributed by atoms with Crippen molar-refractivity contribution in [1.29, 1.82) is 0 Å². The van der Waals surface area contributed by atoms with E-state index >= 15 is 0 Å². The fourth-order valence-corrected chi connectivity index (χ4v) is 2.79. The van der Waals surface area contributed by atoms with Crippen molar-refractivity contribution in [2.24, 2.45) is 0 Å². The van der Waals surface area contributed by atoms with E-state index in [0.717, 1.165) is 11.1 Å². The van der Waals surface area contributed by atoms with Crippen molar-refractivity contribution in [1.82, 2.24) is 0 Å². The number of sulfonamides is 1. The molecular weight excluding hydrogens is 278 g/mol. The third kappa shape index (κ3) is 4.52. The number of carbonyl (C=O) groups excluding carboxylic acids is 1. The summed E-state index contributed by atoms with van der Waals surface area (Å²) in [6.07, 6.45) is 1.79. The van der Waals surface area contributed by atoms with Crippen LogP contribution in [0.25, 0.3) is 0 Å². The Labute approximate surface area is 120 Å². The molecule has 0 bridgehead atoms. The van der Waals surface area contributed by atoms with Crippen LogP contribution >= 0.6 is 0 Å². The summed E-state index contributed by atoms with van der Waals surface area (Å²) in [6.45, 7) is 4.17. The summed E-state index contributed by atoms with van der Waals surface area (Å²) >= 11 is 0. The molecule has 0 heterocycles. The second kappa shape index (κ2) is 6.74. The van der Waals surface area contributed by atoms with Crippen molar-refractivity contribution >= 4 is 21.7 Å². The Morgan fingerprint density at radius 1 is 1.25 bits per heavy atom. The number of carbonyl (C=O) groups is 1. The molecule has 0 amide bonds. The quantitative estimate of drug-likeness (QED) is 0.754. The molecule has 6 heteroatoms. The summed E-state index contributed by atoms with van der Waals surface area (Å²) in [5.41, 5.74) is 2.77. The van der Waals surface area contributed by atoms with Gasteiger partial charge < -0.3 is 4.74 Å². The summed E-state index contributed by atoms with van der Waals surface area (Å²) in [5, 5.41) is 0. The second-order valence-corrected chi connectivity index (χ2v) is 6.69. The highest BCUT2D eigenvalue weighted by Crippen LogP contribution is 2.21. The highest BCUT2D eigenvalue weighted by Gasteiger charge is 2.18. The molecule has 112 valence electrons. The third-order valence-electron chi connectivity index (χ3n) is 3.15. The van der Waals surface area contributed by atoms with Crippen LogP contribution < -0.4 is 4.31 Å². The molecular formula is C14H21NO4S. The van der Waals surface area contributed by atoms with Crippen LogP contribution in [0, 0.1) is 13.8 Å². The van der Waals surface area contributed by atoms with E-state index in [1.165, 1.54) is 17.7 Å². The number of methoxy groups -OCH3 is 1. The molecule has 0 aliphatic rings. The molecule has 0 aliphatic carbocycles. The second-order valence-electron chi connectivity index (χ2n) is 4.78.